The largest absolute Gasteiger partial charge is 0.478 e. The molecule has 0 bridgehead atoms. The van der Waals surface area contributed by atoms with Crippen LogP contribution in [0, 0.1) is 5.82 Å². The van der Waals surface area contributed by atoms with Gasteiger partial charge in [0.05, 0.1) is 27.2 Å². The summed E-state index contributed by atoms with van der Waals surface area (Å²) in [7, 11) is 0. The van der Waals surface area contributed by atoms with E-state index in [9.17, 15) is 14.3 Å². The molecule has 1 heterocycles. The second-order valence-corrected chi connectivity index (χ2v) is 6.92. The van der Waals surface area contributed by atoms with Crippen LogP contribution in [-0.4, -0.2) is 21.0 Å². The highest BCUT2D eigenvalue weighted by atomic mass is 35.5. The van der Waals surface area contributed by atoms with Crippen molar-refractivity contribution in [1.82, 2.24) is 9.97 Å². The van der Waals surface area contributed by atoms with Crippen molar-refractivity contribution >= 4 is 50.1 Å². The molecule has 5 rings (SSSR count). The van der Waals surface area contributed by atoms with E-state index >= 15 is 0 Å². The molecule has 0 radical (unpaired) electrons. The molecule has 0 aliphatic carbocycles. The number of nitrogens with zero attached hydrogens (tertiary/aromatic N) is 1. The fraction of sp³-hybridized carbons (Fsp3) is 0. The molecule has 0 atom stereocenters. The highest BCUT2D eigenvalue weighted by molar-refractivity contribution is 6.33. The minimum atomic E-state index is -0.991. The van der Waals surface area contributed by atoms with Crippen LogP contribution < -0.4 is 0 Å². The molecule has 0 saturated carbocycles. The van der Waals surface area contributed by atoms with Gasteiger partial charge in [0, 0.05) is 10.8 Å². The number of fused-ring (bicyclic) bond motifs is 6. The van der Waals surface area contributed by atoms with Gasteiger partial charge in [-0.1, -0.05) is 48.0 Å². The van der Waals surface area contributed by atoms with Crippen LogP contribution in [0.15, 0.2) is 60.7 Å². The van der Waals surface area contributed by atoms with Crippen LogP contribution in [0.5, 0.6) is 0 Å². The number of imidazole rings is 1. The van der Waals surface area contributed by atoms with E-state index in [4.69, 9.17) is 11.6 Å². The van der Waals surface area contributed by atoms with Gasteiger partial charge in [0.1, 0.15) is 11.6 Å². The predicted octanol–water partition coefficient (Wildman–Crippen LogP) is 6.03. The number of carboxylic acids is 1. The Balaban J connectivity index is 1.95. The Morgan fingerprint density at radius 1 is 0.964 bits per heavy atom. The maximum absolute atomic E-state index is 14.4. The molecule has 28 heavy (non-hydrogen) atoms. The summed E-state index contributed by atoms with van der Waals surface area (Å²) < 4.78 is 14.4. The van der Waals surface area contributed by atoms with Crippen LogP contribution in [0.2, 0.25) is 5.02 Å². The van der Waals surface area contributed by atoms with E-state index < -0.39 is 11.8 Å². The molecule has 136 valence electrons. The zero-order valence-electron chi connectivity index (χ0n) is 14.3. The highest BCUT2D eigenvalue weighted by Crippen LogP contribution is 2.37. The Hall–Kier alpha value is -3.44. The first-order valence-corrected chi connectivity index (χ1v) is 8.94. The second-order valence-electron chi connectivity index (χ2n) is 6.52. The molecule has 0 amide bonds. The van der Waals surface area contributed by atoms with E-state index in [0.717, 1.165) is 21.5 Å². The van der Waals surface area contributed by atoms with Crippen LogP contribution in [0.4, 0.5) is 4.39 Å². The third-order valence-electron chi connectivity index (χ3n) is 4.91. The molecule has 0 unspecified atom stereocenters. The Bertz CT molecular complexity index is 1400. The topological polar surface area (TPSA) is 66.0 Å². The molecule has 5 aromatic rings. The van der Waals surface area contributed by atoms with Gasteiger partial charge in [-0.15, -0.1) is 0 Å². The summed E-state index contributed by atoms with van der Waals surface area (Å²) in [5.74, 6) is -1.12. The Kier molecular flexibility index (Phi) is 3.60. The Morgan fingerprint density at radius 2 is 1.75 bits per heavy atom. The summed E-state index contributed by atoms with van der Waals surface area (Å²) in [6.07, 6.45) is 0. The van der Waals surface area contributed by atoms with Crippen molar-refractivity contribution in [2.24, 2.45) is 0 Å². The van der Waals surface area contributed by atoms with Crippen molar-refractivity contribution in [3.63, 3.8) is 0 Å². The van der Waals surface area contributed by atoms with Crippen molar-refractivity contribution < 1.29 is 14.3 Å². The minimum absolute atomic E-state index is 0.203. The lowest BCUT2D eigenvalue weighted by Crippen LogP contribution is -1.95. The lowest BCUT2D eigenvalue weighted by Gasteiger charge is -2.07. The number of H-pyrrole nitrogens is 1. The first-order chi connectivity index (χ1) is 13.5. The summed E-state index contributed by atoms with van der Waals surface area (Å²) in [5, 5.41) is 13.0. The average Bonchev–Trinajstić information content (AvgIpc) is 3.13. The molecule has 4 nitrogen and oxygen atoms in total. The van der Waals surface area contributed by atoms with Gasteiger partial charge in [-0.2, -0.15) is 0 Å². The number of nitrogens with one attached hydrogen (secondary N) is 1. The van der Waals surface area contributed by atoms with Gasteiger partial charge < -0.3 is 10.1 Å². The predicted molar refractivity (Wildman–Crippen MR) is 108 cm³/mol. The van der Waals surface area contributed by atoms with Crippen LogP contribution in [0.3, 0.4) is 0 Å². The first-order valence-electron chi connectivity index (χ1n) is 8.56. The molecule has 0 aliphatic heterocycles. The molecular weight excluding hydrogens is 379 g/mol. The smallest absolute Gasteiger partial charge is 0.335 e. The SMILES string of the molecule is O=C(O)c1ccc2c(c1)c1ccccc1c1nc(-c3c(F)cccc3Cl)[nH]c21. The van der Waals surface area contributed by atoms with Crippen molar-refractivity contribution in [2.75, 3.05) is 0 Å². The van der Waals surface area contributed by atoms with Gasteiger partial charge in [0.15, 0.2) is 0 Å². The number of hydrogen-bond acceptors (Lipinski definition) is 2. The normalized spacial score (nSPS) is 11.5. The number of halogens is 2. The molecule has 2 N–H and O–H groups in total. The van der Waals surface area contributed by atoms with Crippen molar-refractivity contribution in [3.8, 4) is 11.4 Å². The highest BCUT2D eigenvalue weighted by Gasteiger charge is 2.18. The quantitative estimate of drug-likeness (QED) is 0.362. The van der Waals surface area contributed by atoms with Crippen LogP contribution >= 0.6 is 11.6 Å². The third kappa shape index (κ3) is 2.37. The summed E-state index contributed by atoms with van der Waals surface area (Å²) in [6.45, 7) is 0. The van der Waals surface area contributed by atoms with Gasteiger partial charge in [-0.05, 0) is 35.0 Å². The Morgan fingerprint density at radius 3 is 2.50 bits per heavy atom. The monoisotopic (exact) mass is 390 g/mol. The lowest BCUT2D eigenvalue weighted by atomic mass is 9.98. The number of carbonyl (C=O) groups is 1. The summed E-state index contributed by atoms with van der Waals surface area (Å²) in [4.78, 5) is 19.3. The van der Waals surface area contributed by atoms with Gasteiger partial charge in [0.2, 0.25) is 0 Å². The number of aromatic nitrogens is 2. The maximum Gasteiger partial charge on any atom is 0.335 e. The van der Waals surface area contributed by atoms with Crippen LogP contribution in [0.25, 0.3) is 44.0 Å². The van der Waals surface area contributed by atoms with Crippen molar-refractivity contribution in [3.05, 3.63) is 77.1 Å². The van der Waals surface area contributed by atoms with Gasteiger partial charge in [0.25, 0.3) is 0 Å². The zero-order chi connectivity index (χ0) is 19.4. The van der Waals surface area contributed by atoms with E-state index in [2.05, 4.69) is 9.97 Å². The molecule has 0 fully saturated rings. The van der Waals surface area contributed by atoms with Crippen molar-refractivity contribution in [1.29, 1.82) is 0 Å². The molecule has 6 heteroatoms. The van der Waals surface area contributed by atoms with E-state index in [-0.39, 0.29) is 16.1 Å². The zero-order valence-corrected chi connectivity index (χ0v) is 15.1. The number of rotatable bonds is 2. The average molecular weight is 391 g/mol. The fourth-order valence-electron chi connectivity index (χ4n) is 3.65. The molecule has 0 saturated heterocycles. The van der Waals surface area contributed by atoms with Crippen LogP contribution in [-0.2, 0) is 0 Å². The molecule has 0 spiro atoms. The molecular formula is C22H12ClFN2O2. The molecule has 4 aromatic carbocycles. The molecule has 1 aromatic heterocycles. The molecule has 0 aliphatic rings. The number of aromatic carboxylic acids is 1. The minimum Gasteiger partial charge on any atom is -0.478 e. The van der Waals surface area contributed by atoms with E-state index in [1.165, 1.54) is 6.07 Å². The summed E-state index contributed by atoms with van der Waals surface area (Å²) in [5.41, 5.74) is 1.80. The number of carboxylic acid groups (broad SMARTS) is 1. The summed E-state index contributed by atoms with van der Waals surface area (Å²) in [6, 6.07) is 17.1. The van der Waals surface area contributed by atoms with Crippen LogP contribution in [0.1, 0.15) is 10.4 Å². The van der Waals surface area contributed by atoms with Gasteiger partial charge >= 0.3 is 5.97 Å². The second kappa shape index (κ2) is 6.04. The lowest BCUT2D eigenvalue weighted by molar-refractivity contribution is 0.0697. The standard InChI is InChI=1S/C22H12ClFN2O2/c23-16-6-3-7-17(24)18(16)21-25-19-13-5-2-1-4-12(13)15-10-11(22(27)28)8-9-14(15)20(19)26-21/h1-10H,(H,25,26)(H,27,28). The van der Waals surface area contributed by atoms with Gasteiger partial charge in [-0.25, -0.2) is 14.2 Å². The van der Waals surface area contributed by atoms with E-state index in [0.29, 0.717) is 16.9 Å². The third-order valence-corrected chi connectivity index (χ3v) is 5.23. The number of aromatic amines is 1. The van der Waals surface area contributed by atoms with Gasteiger partial charge in [-0.3, -0.25) is 0 Å². The number of hydrogen-bond donors (Lipinski definition) is 2. The van der Waals surface area contributed by atoms with E-state index in [1.807, 2.05) is 24.3 Å². The maximum atomic E-state index is 14.4. The summed E-state index contributed by atoms with van der Waals surface area (Å²) >= 11 is 6.22. The number of benzene rings is 4. The fourth-order valence-corrected chi connectivity index (χ4v) is 3.90. The van der Waals surface area contributed by atoms with Crippen molar-refractivity contribution in [2.45, 2.75) is 0 Å². The first kappa shape index (κ1) is 16.7. The van der Waals surface area contributed by atoms with E-state index in [1.54, 1.807) is 30.3 Å². The Labute approximate surface area is 163 Å².